The van der Waals surface area contributed by atoms with Crippen molar-refractivity contribution in [3.05, 3.63) is 0 Å². The average molecular weight is 1080 g/mol. The van der Waals surface area contributed by atoms with Gasteiger partial charge in [0.05, 0.1) is 83.2 Å². The standard InChI is InChI=1S/3C21H46NO.H3O4P/c3*1-5-6-7-8-9-10-11-12-13-14-15-16-17-18-20-23-21-19-22(2,3)4;1-5(2,3)4/h3*5-21H2,1-4H3;(H3,1,2,3,4)/q3*+1;/p-3. The molecule has 0 saturated carbocycles. The molecule has 0 rings (SSSR count). The van der Waals surface area contributed by atoms with Crippen LogP contribution in [0.25, 0.3) is 0 Å². The number of hydrogen-bond acceptors (Lipinski definition) is 7. The van der Waals surface area contributed by atoms with E-state index in [9.17, 15) is 0 Å². The summed E-state index contributed by atoms with van der Waals surface area (Å²) in [5.74, 6) is 0. The third-order valence-corrected chi connectivity index (χ3v) is 13.6. The maximum Gasteiger partial charge on any atom is 0.102 e. The lowest BCUT2D eigenvalue weighted by atomic mass is 10.0. The SMILES string of the molecule is CCCCCCCCCCCCCCCCOCC[N+](C)(C)C.CCCCCCCCCCCCCCCCOCC[N+](C)(C)C.CCCCCCCCCCCCCCCCOCC[N+](C)(C)C.O=P([O-])([O-])[O-]. The highest BCUT2D eigenvalue weighted by atomic mass is 31.2. The summed E-state index contributed by atoms with van der Waals surface area (Å²) in [7, 11) is 14.6. The highest BCUT2D eigenvalue weighted by Crippen LogP contribution is 2.16. The molecular weight excluding hydrogens is 942 g/mol. The fourth-order valence-corrected chi connectivity index (χ4v) is 8.52. The van der Waals surface area contributed by atoms with Gasteiger partial charge in [-0.2, -0.15) is 7.82 Å². The van der Waals surface area contributed by atoms with Crippen LogP contribution in [-0.4, -0.2) is 136 Å². The number of unbranched alkanes of at least 4 members (excludes halogenated alkanes) is 39. The van der Waals surface area contributed by atoms with E-state index in [0.717, 1.165) is 72.7 Å². The Morgan fingerprint density at radius 1 is 0.243 bits per heavy atom. The number of nitrogens with zero attached hydrogens (tertiary/aromatic N) is 3. The molecule has 0 aromatic rings. The molecule has 0 aliphatic carbocycles. The van der Waals surface area contributed by atoms with Gasteiger partial charge in [0.1, 0.15) is 19.6 Å². The molecule has 0 aromatic carbocycles. The van der Waals surface area contributed by atoms with Crippen molar-refractivity contribution in [3.63, 3.8) is 0 Å². The molecule has 74 heavy (non-hydrogen) atoms. The van der Waals surface area contributed by atoms with E-state index >= 15 is 0 Å². The van der Waals surface area contributed by atoms with Gasteiger partial charge in [-0.25, -0.2) is 0 Å². The van der Waals surface area contributed by atoms with Crippen molar-refractivity contribution in [2.45, 2.75) is 290 Å². The van der Waals surface area contributed by atoms with Gasteiger partial charge < -0.3 is 46.9 Å². The molecule has 0 bridgehead atoms. The zero-order chi connectivity index (χ0) is 56.2. The van der Waals surface area contributed by atoms with Gasteiger partial charge in [-0.1, -0.05) is 271 Å². The highest BCUT2D eigenvalue weighted by molar-refractivity contribution is 7.40. The van der Waals surface area contributed by atoms with Gasteiger partial charge in [-0.3, -0.25) is 0 Å². The van der Waals surface area contributed by atoms with Crippen LogP contribution in [0.15, 0.2) is 0 Å². The molecule has 0 aliphatic rings. The molecule has 0 amide bonds. The lowest BCUT2D eigenvalue weighted by Gasteiger charge is -2.36. The van der Waals surface area contributed by atoms with E-state index in [-0.39, 0.29) is 0 Å². The molecule has 0 aliphatic heterocycles. The first kappa shape index (κ1) is 80.3. The monoisotopic (exact) mass is 1080 g/mol. The minimum Gasteiger partial charge on any atom is -0.822 e. The summed E-state index contributed by atoms with van der Waals surface area (Å²) in [6.07, 6.45) is 59.7. The van der Waals surface area contributed by atoms with E-state index in [1.807, 2.05) is 0 Å². The van der Waals surface area contributed by atoms with Crippen molar-refractivity contribution in [1.82, 2.24) is 0 Å². The zero-order valence-corrected chi connectivity index (χ0v) is 53.6. The maximum absolute atomic E-state index is 8.55. The van der Waals surface area contributed by atoms with E-state index in [1.54, 1.807) is 0 Å². The number of ether oxygens (including phenoxy) is 3. The molecule has 0 fully saturated rings. The van der Waals surface area contributed by atoms with Crippen molar-refractivity contribution >= 4 is 7.82 Å². The molecule has 0 aromatic heterocycles. The molecule has 0 radical (unpaired) electrons. The van der Waals surface area contributed by atoms with Crippen molar-refractivity contribution in [1.29, 1.82) is 0 Å². The Kier molecular flexibility index (Phi) is 67.4. The smallest absolute Gasteiger partial charge is 0.102 e. The summed E-state index contributed by atoms with van der Waals surface area (Å²) in [5.41, 5.74) is 0. The minimum absolute atomic E-state index is 0.905. The van der Waals surface area contributed by atoms with E-state index in [1.165, 1.54) is 270 Å². The zero-order valence-electron chi connectivity index (χ0n) is 52.7. The molecule has 452 valence electrons. The van der Waals surface area contributed by atoms with Gasteiger partial charge in [0.2, 0.25) is 0 Å². The van der Waals surface area contributed by atoms with Crippen LogP contribution in [0.1, 0.15) is 290 Å². The predicted molar refractivity (Wildman–Crippen MR) is 320 cm³/mol. The van der Waals surface area contributed by atoms with E-state index in [0.29, 0.717) is 0 Å². The van der Waals surface area contributed by atoms with Gasteiger partial charge in [0, 0.05) is 19.8 Å². The summed E-state index contributed by atoms with van der Waals surface area (Å²) in [6, 6.07) is 0. The number of likely N-dealkylation sites (N-methyl/N-ethyl adjacent to an activating group) is 3. The average Bonchev–Trinajstić information content (AvgIpc) is 3.31. The second-order valence-corrected chi connectivity index (χ2v) is 26.0. The Morgan fingerprint density at radius 3 is 0.486 bits per heavy atom. The fraction of sp³-hybridized carbons (Fsp3) is 1.00. The number of quaternary nitrogens is 3. The summed E-state index contributed by atoms with van der Waals surface area (Å²) < 4.78 is 28.6. The lowest BCUT2D eigenvalue weighted by molar-refractivity contribution is -0.870. The fourth-order valence-electron chi connectivity index (χ4n) is 8.52. The Balaban J connectivity index is -0.000000473. The van der Waals surface area contributed by atoms with E-state index < -0.39 is 7.82 Å². The van der Waals surface area contributed by atoms with Crippen molar-refractivity contribution in [2.75, 3.05) is 123 Å². The molecule has 11 heteroatoms. The highest BCUT2D eigenvalue weighted by Gasteiger charge is 2.07. The molecule has 0 saturated heterocycles. The molecule has 0 N–H and O–H groups in total. The second-order valence-electron chi connectivity index (χ2n) is 25.1. The molecule has 0 unspecified atom stereocenters. The quantitative estimate of drug-likeness (QED) is 0.0339. The lowest BCUT2D eigenvalue weighted by Crippen LogP contribution is -2.37. The van der Waals surface area contributed by atoms with Crippen molar-refractivity contribution < 1.29 is 46.9 Å². The van der Waals surface area contributed by atoms with Crippen molar-refractivity contribution in [3.8, 4) is 0 Å². The Morgan fingerprint density at radius 2 is 0.365 bits per heavy atom. The second kappa shape index (κ2) is 62.1. The Labute approximate surface area is 466 Å². The number of hydrogen-bond donors (Lipinski definition) is 0. The number of rotatable bonds is 54. The van der Waals surface area contributed by atoms with Crippen LogP contribution in [0, 0.1) is 0 Å². The predicted octanol–water partition coefficient (Wildman–Crippen LogP) is 15.7. The van der Waals surface area contributed by atoms with Crippen LogP contribution < -0.4 is 14.7 Å². The van der Waals surface area contributed by atoms with Crippen LogP contribution in [-0.2, 0) is 18.8 Å². The van der Waals surface area contributed by atoms with Crippen LogP contribution in [0.4, 0.5) is 0 Å². The summed E-state index contributed by atoms with van der Waals surface area (Å²) in [4.78, 5) is 25.6. The van der Waals surface area contributed by atoms with Gasteiger partial charge in [-0.15, -0.1) is 0 Å². The van der Waals surface area contributed by atoms with Gasteiger partial charge in [-0.05, 0) is 19.3 Å². The molecular formula is C63H138N3O7P. The van der Waals surface area contributed by atoms with Crippen LogP contribution in [0.3, 0.4) is 0 Å². The van der Waals surface area contributed by atoms with Crippen LogP contribution in [0.2, 0.25) is 0 Å². The third-order valence-electron chi connectivity index (χ3n) is 13.6. The van der Waals surface area contributed by atoms with Crippen LogP contribution in [0.5, 0.6) is 0 Å². The first-order valence-electron chi connectivity index (χ1n) is 32.1. The minimum atomic E-state index is -5.39. The summed E-state index contributed by atoms with van der Waals surface area (Å²) >= 11 is 0. The maximum atomic E-state index is 8.55. The van der Waals surface area contributed by atoms with Crippen LogP contribution >= 0.6 is 7.82 Å². The van der Waals surface area contributed by atoms with Gasteiger partial charge in [0.15, 0.2) is 0 Å². The Bertz CT molecular complexity index is 938. The van der Waals surface area contributed by atoms with E-state index in [4.69, 9.17) is 33.5 Å². The molecule has 0 spiro atoms. The largest absolute Gasteiger partial charge is 0.822 e. The topological polar surface area (TPSA) is 114 Å². The normalized spacial score (nSPS) is 12.0. The summed E-state index contributed by atoms with van der Waals surface area (Å²) in [6.45, 7) is 15.8. The first-order valence-corrected chi connectivity index (χ1v) is 33.5. The van der Waals surface area contributed by atoms with Gasteiger partial charge >= 0.3 is 0 Å². The van der Waals surface area contributed by atoms with Crippen molar-refractivity contribution in [2.24, 2.45) is 0 Å². The Hall–Kier alpha value is -0.130. The van der Waals surface area contributed by atoms with E-state index in [2.05, 4.69) is 84.2 Å². The van der Waals surface area contributed by atoms with Gasteiger partial charge in [0.25, 0.3) is 0 Å². The summed E-state index contributed by atoms with van der Waals surface area (Å²) in [5, 5.41) is 0. The molecule has 0 atom stereocenters. The third kappa shape index (κ3) is 101. The molecule has 0 heterocycles. The first-order chi connectivity index (χ1) is 35.2. The number of phosphoric acid groups is 1. The molecule has 10 nitrogen and oxygen atoms in total.